The SMILES string of the molecule is CC(C)=CCC/C(C)=C/CNC(=O)Nc1ccc(Cl)cc1. The van der Waals surface area contributed by atoms with Gasteiger partial charge in [-0.3, -0.25) is 0 Å². The number of anilines is 1. The van der Waals surface area contributed by atoms with Crippen molar-refractivity contribution in [1.29, 1.82) is 0 Å². The van der Waals surface area contributed by atoms with Crippen molar-refractivity contribution in [3.05, 3.63) is 52.6 Å². The maximum absolute atomic E-state index is 11.7. The second-order valence-electron chi connectivity index (χ2n) is 5.21. The number of carbonyl (C=O) groups is 1. The van der Waals surface area contributed by atoms with Gasteiger partial charge >= 0.3 is 6.03 Å². The fourth-order valence-electron chi connectivity index (χ4n) is 1.72. The van der Waals surface area contributed by atoms with Gasteiger partial charge in [0.05, 0.1) is 0 Å². The third-order valence-corrected chi connectivity index (χ3v) is 3.16. The van der Waals surface area contributed by atoms with Crippen LogP contribution in [0.25, 0.3) is 0 Å². The van der Waals surface area contributed by atoms with Crippen molar-refractivity contribution in [2.45, 2.75) is 33.6 Å². The second-order valence-corrected chi connectivity index (χ2v) is 5.65. The Labute approximate surface area is 132 Å². The van der Waals surface area contributed by atoms with E-state index >= 15 is 0 Å². The van der Waals surface area contributed by atoms with Gasteiger partial charge in [-0.25, -0.2) is 4.79 Å². The lowest BCUT2D eigenvalue weighted by Gasteiger charge is -2.06. The lowest BCUT2D eigenvalue weighted by atomic mass is 10.1. The van der Waals surface area contributed by atoms with Crippen molar-refractivity contribution < 1.29 is 4.79 Å². The number of urea groups is 1. The first-order valence-electron chi connectivity index (χ1n) is 7.07. The van der Waals surface area contributed by atoms with Crippen LogP contribution >= 0.6 is 11.6 Å². The normalized spacial score (nSPS) is 11.0. The van der Waals surface area contributed by atoms with Crippen molar-refractivity contribution >= 4 is 23.3 Å². The van der Waals surface area contributed by atoms with Crippen molar-refractivity contribution in [2.24, 2.45) is 0 Å². The van der Waals surface area contributed by atoms with Gasteiger partial charge in [-0.05, 0) is 57.9 Å². The molecule has 2 amide bonds. The zero-order valence-electron chi connectivity index (χ0n) is 12.9. The van der Waals surface area contributed by atoms with Gasteiger partial charge < -0.3 is 10.6 Å². The average Bonchev–Trinajstić information content (AvgIpc) is 2.41. The highest BCUT2D eigenvalue weighted by molar-refractivity contribution is 6.30. The minimum absolute atomic E-state index is 0.217. The minimum Gasteiger partial charge on any atom is -0.334 e. The molecule has 0 bridgehead atoms. The van der Waals surface area contributed by atoms with Gasteiger partial charge in [0, 0.05) is 17.3 Å². The van der Waals surface area contributed by atoms with Crippen LogP contribution in [0, 0.1) is 0 Å². The summed E-state index contributed by atoms with van der Waals surface area (Å²) in [6, 6.07) is 6.80. The Bertz CT molecular complexity index is 514. The van der Waals surface area contributed by atoms with E-state index in [0.29, 0.717) is 11.6 Å². The summed E-state index contributed by atoms with van der Waals surface area (Å²) in [4.78, 5) is 11.7. The molecule has 0 radical (unpaired) electrons. The Hall–Kier alpha value is -1.74. The van der Waals surface area contributed by atoms with Crippen molar-refractivity contribution in [3.63, 3.8) is 0 Å². The fraction of sp³-hybridized carbons (Fsp3) is 0.353. The Morgan fingerprint density at radius 3 is 2.43 bits per heavy atom. The lowest BCUT2D eigenvalue weighted by molar-refractivity contribution is 0.253. The summed E-state index contributed by atoms with van der Waals surface area (Å²) in [5.41, 5.74) is 3.34. The Kier molecular flexibility index (Phi) is 7.62. The van der Waals surface area contributed by atoms with E-state index < -0.39 is 0 Å². The van der Waals surface area contributed by atoms with E-state index in [1.54, 1.807) is 24.3 Å². The molecular weight excluding hydrogens is 284 g/mol. The molecule has 0 aliphatic rings. The maximum Gasteiger partial charge on any atom is 0.319 e. The quantitative estimate of drug-likeness (QED) is 0.701. The molecule has 0 atom stereocenters. The largest absolute Gasteiger partial charge is 0.334 e. The molecule has 21 heavy (non-hydrogen) atoms. The van der Waals surface area contributed by atoms with Crippen molar-refractivity contribution in [3.8, 4) is 0 Å². The highest BCUT2D eigenvalue weighted by atomic mass is 35.5. The summed E-state index contributed by atoms with van der Waals surface area (Å²) in [5, 5.41) is 6.20. The summed E-state index contributed by atoms with van der Waals surface area (Å²) in [6.07, 6.45) is 6.32. The summed E-state index contributed by atoms with van der Waals surface area (Å²) >= 11 is 5.79. The molecular formula is C17H23ClN2O. The molecule has 0 saturated carbocycles. The zero-order valence-corrected chi connectivity index (χ0v) is 13.6. The number of benzene rings is 1. The van der Waals surface area contributed by atoms with Crippen LogP contribution in [0.2, 0.25) is 5.02 Å². The number of hydrogen-bond donors (Lipinski definition) is 2. The molecule has 0 spiro atoms. The fourth-order valence-corrected chi connectivity index (χ4v) is 1.84. The summed E-state index contributed by atoms with van der Waals surface area (Å²) in [7, 11) is 0. The van der Waals surface area contributed by atoms with E-state index in [1.165, 1.54) is 11.1 Å². The molecule has 2 N–H and O–H groups in total. The van der Waals surface area contributed by atoms with E-state index in [-0.39, 0.29) is 6.03 Å². The van der Waals surface area contributed by atoms with Gasteiger partial charge in [-0.15, -0.1) is 0 Å². The van der Waals surface area contributed by atoms with Gasteiger partial charge in [-0.1, -0.05) is 34.9 Å². The number of carbonyl (C=O) groups excluding carboxylic acids is 1. The highest BCUT2D eigenvalue weighted by Crippen LogP contribution is 2.13. The van der Waals surface area contributed by atoms with Crippen LogP contribution < -0.4 is 10.6 Å². The average molecular weight is 307 g/mol. The molecule has 1 aromatic carbocycles. The molecule has 0 unspecified atom stereocenters. The summed E-state index contributed by atoms with van der Waals surface area (Å²) < 4.78 is 0. The monoisotopic (exact) mass is 306 g/mol. The molecule has 0 aromatic heterocycles. The third-order valence-electron chi connectivity index (χ3n) is 2.91. The first-order chi connectivity index (χ1) is 9.97. The van der Waals surface area contributed by atoms with Crippen molar-refractivity contribution in [2.75, 3.05) is 11.9 Å². The van der Waals surface area contributed by atoms with Crippen LogP contribution in [0.4, 0.5) is 10.5 Å². The van der Waals surface area contributed by atoms with Crippen LogP contribution in [-0.2, 0) is 0 Å². The topological polar surface area (TPSA) is 41.1 Å². The molecule has 0 aliphatic heterocycles. The predicted octanol–water partition coefficient (Wildman–Crippen LogP) is 5.15. The number of hydrogen-bond acceptors (Lipinski definition) is 1. The van der Waals surface area contributed by atoms with Crippen LogP contribution in [0.1, 0.15) is 33.6 Å². The lowest BCUT2D eigenvalue weighted by Crippen LogP contribution is -2.28. The van der Waals surface area contributed by atoms with Gasteiger partial charge in [0.25, 0.3) is 0 Å². The number of allylic oxidation sites excluding steroid dienone is 3. The zero-order chi connectivity index (χ0) is 15.7. The van der Waals surface area contributed by atoms with Gasteiger partial charge in [0.15, 0.2) is 0 Å². The van der Waals surface area contributed by atoms with E-state index in [2.05, 4.69) is 37.5 Å². The van der Waals surface area contributed by atoms with E-state index in [1.807, 2.05) is 6.08 Å². The maximum atomic E-state index is 11.7. The van der Waals surface area contributed by atoms with E-state index in [4.69, 9.17) is 11.6 Å². The standard InChI is InChI=1S/C17H23ClN2O/c1-13(2)5-4-6-14(3)11-12-19-17(21)20-16-9-7-15(18)8-10-16/h5,7-11H,4,6,12H2,1-3H3,(H2,19,20,21)/b14-11+. The minimum atomic E-state index is -0.217. The molecule has 0 saturated heterocycles. The molecule has 1 rings (SSSR count). The van der Waals surface area contributed by atoms with Crippen LogP contribution in [0.5, 0.6) is 0 Å². The van der Waals surface area contributed by atoms with E-state index in [0.717, 1.165) is 18.5 Å². The van der Waals surface area contributed by atoms with Gasteiger partial charge in [0.2, 0.25) is 0 Å². The molecule has 3 nitrogen and oxygen atoms in total. The Morgan fingerprint density at radius 1 is 1.14 bits per heavy atom. The van der Waals surface area contributed by atoms with Gasteiger partial charge in [-0.2, -0.15) is 0 Å². The second kappa shape index (κ2) is 9.24. The first-order valence-corrected chi connectivity index (χ1v) is 7.44. The Morgan fingerprint density at radius 2 is 1.81 bits per heavy atom. The summed E-state index contributed by atoms with van der Waals surface area (Å²) in [6.45, 7) is 6.81. The molecule has 114 valence electrons. The van der Waals surface area contributed by atoms with E-state index in [9.17, 15) is 4.79 Å². The Balaban J connectivity index is 2.29. The first kappa shape index (κ1) is 17.3. The molecule has 0 heterocycles. The molecule has 0 fully saturated rings. The van der Waals surface area contributed by atoms with Crippen LogP contribution in [0.3, 0.4) is 0 Å². The third kappa shape index (κ3) is 8.20. The number of nitrogens with one attached hydrogen (secondary N) is 2. The van der Waals surface area contributed by atoms with Crippen LogP contribution in [-0.4, -0.2) is 12.6 Å². The smallest absolute Gasteiger partial charge is 0.319 e. The number of amides is 2. The molecule has 0 aliphatic carbocycles. The number of rotatable bonds is 6. The molecule has 4 heteroatoms. The summed E-state index contributed by atoms with van der Waals surface area (Å²) in [5.74, 6) is 0. The number of halogens is 1. The molecule has 1 aromatic rings. The van der Waals surface area contributed by atoms with Crippen LogP contribution in [0.15, 0.2) is 47.6 Å². The predicted molar refractivity (Wildman–Crippen MR) is 90.9 cm³/mol. The highest BCUT2D eigenvalue weighted by Gasteiger charge is 1.99. The van der Waals surface area contributed by atoms with Gasteiger partial charge in [0.1, 0.15) is 0 Å². The van der Waals surface area contributed by atoms with Crippen molar-refractivity contribution in [1.82, 2.24) is 5.32 Å².